The van der Waals surface area contributed by atoms with E-state index in [0.717, 1.165) is 5.82 Å². The molecule has 2 rings (SSSR count). The molecule has 1 N–H and O–H groups in total. The molecule has 0 radical (unpaired) electrons. The zero-order chi connectivity index (χ0) is 12.3. The molecular formula is C10H18N4O2S. The van der Waals surface area contributed by atoms with Crippen molar-refractivity contribution in [3.63, 3.8) is 0 Å². The first kappa shape index (κ1) is 12.5. The summed E-state index contributed by atoms with van der Waals surface area (Å²) in [5.41, 5.74) is 0. The van der Waals surface area contributed by atoms with E-state index in [9.17, 15) is 8.42 Å². The van der Waals surface area contributed by atoms with Gasteiger partial charge in [0.25, 0.3) is 0 Å². The molecule has 1 fully saturated rings. The van der Waals surface area contributed by atoms with Gasteiger partial charge in [-0.1, -0.05) is 6.92 Å². The number of hydrogen-bond acceptors (Lipinski definition) is 5. The van der Waals surface area contributed by atoms with Crippen molar-refractivity contribution in [2.45, 2.75) is 38.9 Å². The fourth-order valence-corrected chi connectivity index (χ4v) is 2.24. The lowest BCUT2D eigenvalue weighted by atomic mass is 10.5. The van der Waals surface area contributed by atoms with E-state index in [1.165, 1.54) is 19.2 Å². The highest BCUT2D eigenvalue weighted by molar-refractivity contribution is 7.91. The minimum absolute atomic E-state index is 0.128. The van der Waals surface area contributed by atoms with Gasteiger partial charge in [-0.05, 0) is 12.8 Å². The van der Waals surface area contributed by atoms with Gasteiger partial charge in [0.2, 0.25) is 0 Å². The summed E-state index contributed by atoms with van der Waals surface area (Å²) < 4.78 is 24.5. The molecule has 6 nitrogen and oxygen atoms in total. The second-order valence-corrected chi connectivity index (χ2v) is 6.76. The van der Waals surface area contributed by atoms with E-state index in [1.54, 1.807) is 11.6 Å². The van der Waals surface area contributed by atoms with Crippen molar-refractivity contribution in [2.24, 2.45) is 0 Å². The van der Waals surface area contributed by atoms with E-state index in [2.05, 4.69) is 15.4 Å². The smallest absolute Gasteiger partial charge is 0.151 e. The zero-order valence-electron chi connectivity index (χ0n) is 9.96. The van der Waals surface area contributed by atoms with Gasteiger partial charge in [0.05, 0.1) is 18.8 Å². The molecule has 0 spiro atoms. The van der Waals surface area contributed by atoms with Gasteiger partial charge < -0.3 is 5.32 Å². The van der Waals surface area contributed by atoms with Crippen molar-refractivity contribution in [3.8, 4) is 0 Å². The highest BCUT2D eigenvalue weighted by atomic mass is 32.2. The minimum Gasteiger partial charge on any atom is -0.307 e. The Morgan fingerprint density at radius 1 is 1.53 bits per heavy atom. The molecule has 7 heteroatoms. The van der Waals surface area contributed by atoms with Crippen molar-refractivity contribution < 1.29 is 8.42 Å². The Bertz CT molecular complexity index is 464. The van der Waals surface area contributed by atoms with Crippen LogP contribution >= 0.6 is 0 Å². The maximum absolute atomic E-state index is 11.4. The van der Waals surface area contributed by atoms with Gasteiger partial charge >= 0.3 is 0 Å². The Hall–Kier alpha value is -0.950. The number of nitrogens with one attached hydrogen (secondary N) is 1. The zero-order valence-corrected chi connectivity index (χ0v) is 10.8. The Kier molecular flexibility index (Phi) is 3.78. The van der Waals surface area contributed by atoms with Crippen LogP contribution in [0, 0.1) is 0 Å². The number of hydrogen-bond donors (Lipinski definition) is 1. The van der Waals surface area contributed by atoms with Crippen LogP contribution in [0.25, 0.3) is 0 Å². The number of nitrogens with zero attached hydrogens (tertiary/aromatic N) is 3. The third-order valence-corrected chi connectivity index (χ3v) is 4.56. The van der Waals surface area contributed by atoms with Crippen LogP contribution in [-0.2, 0) is 22.9 Å². The number of rotatable bonds is 7. The standard InChI is InChI=1S/C10H18N4O2S/c1-2-17(15,16)6-5-14-10(12-8-13-14)7-11-9-3-4-9/h8-9,11H,2-7H2,1H3. The van der Waals surface area contributed by atoms with Crippen LogP contribution in [0.15, 0.2) is 6.33 Å². The van der Waals surface area contributed by atoms with Crippen molar-refractivity contribution in [3.05, 3.63) is 12.2 Å². The third kappa shape index (κ3) is 3.78. The maximum atomic E-state index is 11.4. The summed E-state index contributed by atoms with van der Waals surface area (Å²) in [7, 11) is -2.94. The molecule has 1 aliphatic carbocycles. The Balaban J connectivity index is 1.89. The van der Waals surface area contributed by atoms with E-state index in [-0.39, 0.29) is 11.5 Å². The van der Waals surface area contributed by atoms with Crippen LogP contribution in [0.2, 0.25) is 0 Å². The molecule has 0 saturated heterocycles. The maximum Gasteiger partial charge on any atom is 0.151 e. The fraction of sp³-hybridized carbons (Fsp3) is 0.800. The lowest BCUT2D eigenvalue weighted by molar-refractivity contribution is 0.555. The van der Waals surface area contributed by atoms with Gasteiger partial charge in [0, 0.05) is 11.8 Å². The summed E-state index contributed by atoms with van der Waals surface area (Å²) in [5, 5.41) is 7.39. The van der Waals surface area contributed by atoms with Gasteiger partial charge in [0.1, 0.15) is 12.2 Å². The highest BCUT2D eigenvalue weighted by Crippen LogP contribution is 2.18. The molecule has 0 bridgehead atoms. The number of aryl methyl sites for hydroxylation is 1. The average molecular weight is 258 g/mol. The summed E-state index contributed by atoms with van der Waals surface area (Å²) >= 11 is 0. The molecule has 17 heavy (non-hydrogen) atoms. The van der Waals surface area contributed by atoms with Crippen LogP contribution in [0.5, 0.6) is 0 Å². The van der Waals surface area contributed by atoms with Crippen LogP contribution in [-0.4, -0.2) is 40.7 Å². The van der Waals surface area contributed by atoms with Crippen LogP contribution in [0.1, 0.15) is 25.6 Å². The molecule has 1 aromatic rings. The first-order chi connectivity index (χ1) is 8.11. The summed E-state index contributed by atoms with van der Waals surface area (Å²) in [6, 6.07) is 0.611. The molecule has 0 atom stereocenters. The molecular weight excluding hydrogens is 240 g/mol. The van der Waals surface area contributed by atoms with Gasteiger partial charge in [-0.15, -0.1) is 0 Å². The van der Waals surface area contributed by atoms with E-state index >= 15 is 0 Å². The quantitative estimate of drug-likeness (QED) is 0.743. The number of sulfone groups is 1. The first-order valence-electron chi connectivity index (χ1n) is 5.91. The second kappa shape index (κ2) is 5.14. The predicted molar refractivity (Wildman–Crippen MR) is 64.2 cm³/mol. The molecule has 0 unspecified atom stereocenters. The van der Waals surface area contributed by atoms with Gasteiger partial charge in [0.15, 0.2) is 9.84 Å². The molecule has 1 aromatic heterocycles. The third-order valence-electron chi connectivity index (χ3n) is 2.88. The van der Waals surface area contributed by atoms with E-state index in [1.807, 2.05) is 0 Å². The topological polar surface area (TPSA) is 76.9 Å². The van der Waals surface area contributed by atoms with Gasteiger partial charge in [-0.3, -0.25) is 0 Å². The van der Waals surface area contributed by atoms with Crippen molar-refractivity contribution in [1.82, 2.24) is 20.1 Å². The lowest BCUT2D eigenvalue weighted by Gasteiger charge is -2.06. The van der Waals surface area contributed by atoms with E-state index < -0.39 is 9.84 Å². The van der Waals surface area contributed by atoms with E-state index in [4.69, 9.17) is 0 Å². The van der Waals surface area contributed by atoms with Crippen LogP contribution in [0.4, 0.5) is 0 Å². The molecule has 1 heterocycles. The predicted octanol–water partition coefficient (Wildman–Crippen LogP) is -0.0352. The van der Waals surface area contributed by atoms with Crippen molar-refractivity contribution >= 4 is 9.84 Å². The molecule has 0 aromatic carbocycles. The summed E-state index contributed by atoms with van der Waals surface area (Å²) in [4.78, 5) is 4.14. The summed E-state index contributed by atoms with van der Waals surface area (Å²) in [6.07, 6.45) is 3.92. The average Bonchev–Trinajstić information content (AvgIpc) is 3.03. The Morgan fingerprint density at radius 3 is 2.94 bits per heavy atom. The molecule has 1 saturated carbocycles. The van der Waals surface area contributed by atoms with Crippen LogP contribution < -0.4 is 5.32 Å². The number of aromatic nitrogens is 3. The minimum atomic E-state index is -2.94. The van der Waals surface area contributed by atoms with E-state index in [0.29, 0.717) is 19.1 Å². The molecule has 0 aliphatic heterocycles. The molecule has 0 amide bonds. The normalized spacial score (nSPS) is 16.3. The second-order valence-electron chi connectivity index (χ2n) is 4.29. The molecule has 1 aliphatic rings. The lowest BCUT2D eigenvalue weighted by Crippen LogP contribution is -2.22. The summed E-state index contributed by atoms with van der Waals surface area (Å²) in [5.74, 6) is 1.11. The molecule has 96 valence electrons. The Labute approximate surface area is 101 Å². The SMILES string of the molecule is CCS(=O)(=O)CCn1ncnc1CNC1CC1. The fourth-order valence-electron chi connectivity index (χ4n) is 1.50. The van der Waals surface area contributed by atoms with Gasteiger partial charge in [-0.25, -0.2) is 18.1 Å². The highest BCUT2D eigenvalue weighted by Gasteiger charge is 2.21. The first-order valence-corrected chi connectivity index (χ1v) is 7.73. The monoisotopic (exact) mass is 258 g/mol. The van der Waals surface area contributed by atoms with Gasteiger partial charge in [-0.2, -0.15) is 5.10 Å². The van der Waals surface area contributed by atoms with Crippen LogP contribution in [0.3, 0.4) is 0 Å². The summed E-state index contributed by atoms with van der Waals surface area (Å²) in [6.45, 7) is 2.71. The Morgan fingerprint density at radius 2 is 2.29 bits per heavy atom. The van der Waals surface area contributed by atoms with Crippen molar-refractivity contribution in [2.75, 3.05) is 11.5 Å². The largest absolute Gasteiger partial charge is 0.307 e. The van der Waals surface area contributed by atoms with Crippen molar-refractivity contribution in [1.29, 1.82) is 0 Å².